The number of aryl methyl sites for hydroxylation is 1. The zero-order valence-electron chi connectivity index (χ0n) is 17.2. The number of hydrogen-bond acceptors (Lipinski definition) is 4. The van der Waals surface area contributed by atoms with Gasteiger partial charge in [-0.05, 0) is 55.3 Å². The molecule has 160 valence electrons. The number of anilines is 1. The number of fused-ring (bicyclic) bond motifs is 3. The molecule has 1 unspecified atom stereocenters. The van der Waals surface area contributed by atoms with Crippen molar-refractivity contribution in [2.24, 2.45) is 0 Å². The molecule has 0 saturated heterocycles. The second-order valence-electron chi connectivity index (χ2n) is 7.39. The number of nitrogens with zero attached hydrogens (tertiary/aromatic N) is 1. The summed E-state index contributed by atoms with van der Waals surface area (Å²) in [4.78, 5) is 12.5. The number of benzene rings is 3. The molecule has 0 aliphatic carbocycles. The number of ether oxygens (including phenoxy) is 1. The van der Waals surface area contributed by atoms with Crippen molar-refractivity contribution < 1.29 is 22.3 Å². The predicted molar refractivity (Wildman–Crippen MR) is 117 cm³/mol. The number of sulfonamides is 1. The average Bonchev–Trinajstić information content (AvgIpc) is 2.74. The quantitative estimate of drug-likeness (QED) is 0.525. The van der Waals surface area contributed by atoms with E-state index < -0.39 is 27.9 Å². The fourth-order valence-corrected chi connectivity index (χ4v) is 5.58. The third kappa shape index (κ3) is 3.81. The molecular weight excluding hydrogens is 417 g/mol. The van der Waals surface area contributed by atoms with Gasteiger partial charge in [0.1, 0.15) is 5.82 Å². The van der Waals surface area contributed by atoms with Crippen LogP contribution in [-0.4, -0.2) is 21.0 Å². The molecular formula is C24H22FNO4S. The molecule has 5 nitrogen and oxygen atoms in total. The first-order chi connectivity index (χ1) is 14.8. The van der Waals surface area contributed by atoms with Crippen LogP contribution in [0.15, 0.2) is 71.6 Å². The summed E-state index contributed by atoms with van der Waals surface area (Å²) in [6.07, 6.45) is -0.232. The summed E-state index contributed by atoms with van der Waals surface area (Å²) < 4.78 is 48.1. The number of esters is 1. The van der Waals surface area contributed by atoms with E-state index in [4.69, 9.17) is 4.74 Å². The molecule has 0 aromatic heterocycles. The van der Waals surface area contributed by atoms with Crippen LogP contribution in [0.2, 0.25) is 0 Å². The van der Waals surface area contributed by atoms with E-state index in [0.717, 1.165) is 5.56 Å². The highest BCUT2D eigenvalue weighted by atomic mass is 32.2. The van der Waals surface area contributed by atoms with Crippen molar-refractivity contribution in [3.05, 3.63) is 83.7 Å². The van der Waals surface area contributed by atoms with E-state index in [1.54, 1.807) is 49.4 Å². The third-order valence-corrected chi connectivity index (χ3v) is 7.17. The lowest BCUT2D eigenvalue weighted by Gasteiger charge is -2.38. The van der Waals surface area contributed by atoms with Gasteiger partial charge in [-0.2, -0.15) is 0 Å². The minimum Gasteiger partial charge on any atom is -0.466 e. The molecule has 0 radical (unpaired) electrons. The van der Waals surface area contributed by atoms with E-state index in [1.807, 2.05) is 6.92 Å². The number of halogens is 1. The largest absolute Gasteiger partial charge is 0.466 e. The molecule has 0 bridgehead atoms. The maximum Gasteiger partial charge on any atom is 0.308 e. The maximum absolute atomic E-state index is 14.2. The van der Waals surface area contributed by atoms with E-state index in [1.165, 1.54) is 28.6 Å². The Hall–Kier alpha value is -3.19. The van der Waals surface area contributed by atoms with E-state index >= 15 is 0 Å². The first-order valence-electron chi connectivity index (χ1n) is 9.98. The van der Waals surface area contributed by atoms with Gasteiger partial charge in [0.2, 0.25) is 0 Å². The number of para-hydroxylation sites is 1. The van der Waals surface area contributed by atoms with Crippen molar-refractivity contribution in [3.8, 4) is 11.1 Å². The lowest BCUT2D eigenvalue weighted by Crippen LogP contribution is -2.39. The Morgan fingerprint density at radius 3 is 2.45 bits per heavy atom. The number of hydrogen-bond donors (Lipinski definition) is 0. The van der Waals surface area contributed by atoms with Gasteiger partial charge in [0.05, 0.1) is 29.7 Å². The molecule has 0 saturated carbocycles. The van der Waals surface area contributed by atoms with Gasteiger partial charge >= 0.3 is 5.97 Å². The lowest BCUT2D eigenvalue weighted by atomic mass is 9.88. The second-order valence-corrected chi connectivity index (χ2v) is 9.20. The highest BCUT2D eigenvalue weighted by molar-refractivity contribution is 7.92. The monoisotopic (exact) mass is 439 g/mol. The third-order valence-electron chi connectivity index (χ3n) is 5.33. The van der Waals surface area contributed by atoms with Crippen molar-refractivity contribution in [1.82, 2.24) is 0 Å². The van der Waals surface area contributed by atoms with Crippen molar-refractivity contribution in [2.75, 3.05) is 10.9 Å². The summed E-state index contributed by atoms with van der Waals surface area (Å²) in [6.45, 7) is 3.72. The molecule has 0 amide bonds. The van der Waals surface area contributed by atoms with Crippen molar-refractivity contribution >= 4 is 21.7 Å². The van der Waals surface area contributed by atoms with Crippen LogP contribution < -0.4 is 4.31 Å². The Bertz CT molecular complexity index is 1240. The summed E-state index contributed by atoms with van der Waals surface area (Å²) in [5.41, 5.74) is 3.15. The van der Waals surface area contributed by atoms with E-state index in [-0.39, 0.29) is 17.9 Å². The zero-order chi connectivity index (χ0) is 22.2. The van der Waals surface area contributed by atoms with Crippen molar-refractivity contribution in [2.45, 2.75) is 31.2 Å². The molecule has 1 heterocycles. The van der Waals surface area contributed by atoms with Crippen LogP contribution in [0.25, 0.3) is 11.1 Å². The van der Waals surface area contributed by atoms with Gasteiger partial charge in [0.15, 0.2) is 0 Å². The Labute approximate surface area is 181 Å². The standard InChI is InChI=1S/C24H22FNO4S/c1-3-30-24(27)15-23-21-14-17(25)10-13-19(21)20-6-4-5-7-22(20)26(23)31(28,29)18-11-8-16(2)9-12-18/h4-14,23H,3,15H2,1-2H3. The van der Waals surface area contributed by atoms with Crippen LogP contribution in [-0.2, 0) is 19.6 Å². The van der Waals surface area contributed by atoms with Gasteiger partial charge in [0.25, 0.3) is 10.0 Å². The van der Waals surface area contributed by atoms with Crippen LogP contribution in [0.5, 0.6) is 0 Å². The highest BCUT2D eigenvalue weighted by Crippen LogP contribution is 2.48. The average molecular weight is 440 g/mol. The van der Waals surface area contributed by atoms with Gasteiger partial charge in [-0.15, -0.1) is 0 Å². The first-order valence-corrected chi connectivity index (χ1v) is 11.4. The minimum atomic E-state index is -4.05. The molecule has 31 heavy (non-hydrogen) atoms. The molecule has 1 aliphatic heterocycles. The Morgan fingerprint density at radius 1 is 1.03 bits per heavy atom. The van der Waals surface area contributed by atoms with Crippen LogP contribution in [0.1, 0.15) is 30.5 Å². The van der Waals surface area contributed by atoms with E-state index in [0.29, 0.717) is 22.4 Å². The summed E-state index contributed by atoms with van der Waals surface area (Å²) in [5, 5.41) is 0. The summed E-state index contributed by atoms with van der Waals surface area (Å²) in [7, 11) is -4.05. The molecule has 0 spiro atoms. The van der Waals surface area contributed by atoms with Crippen LogP contribution in [0.3, 0.4) is 0 Å². The summed E-state index contributed by atoms with van der Waals surface area (Å²) in [6, 6.07) is 16.9. The molecule has 0 fully saturated rings. The van der Waals surface area contributed by atoms with Crippen LogP contribution in [0, 0.1) is 12.7 Å². The molecule has 4 rings (SSSR count). The van der Waals surface area contributed by atoms with Gasteiger partial charge in [0, 0.05) is 5.56 Å². The van der Waals surface area contributed by atoms with E-state index in [2.05, 4.69) is 0 Å². The number of rotatable bonds is 5. The van der Waals surface area contributed by atoms with Gasteiger partial charge in [-0.25, -0.2) is 12.8 Å². The molecule has 3 aromatic rings. The number of carbonyl (C=O) groups excluding carboxylic acids is 1. The molecule has 1 atom stereocenters. The fourth-order valence-electron chi connectivity index (χ4n) is 3.93. The van der Waals surface area contributed by atoms with Gasteiger partial charge in [-0.3, -0.25) is 9.10 Å². The van der Waals surface area contributed by atoms with Crippen LogP contribution >= 0.6 is 0 Å². The predicted octanol–water partition coefficient (Wildman–Crippen LogP) is 5.00. The topological polar surface area (TPSA) is 63.7 Å². The molecule has 1 aliphatic rings. The Morgan fingerprint density at radius 2 is 1.74 bits per heavy atom. The highest BCUT2D eigenvalue weighted by Gasteiger charge is 2.40. The fraction of sp³-hybridized carbons (Fsp3) is 0.208. The van der Waals surface area contributed by atoms with E-state index in [9.17, 15) is 17.6 Å². The summed E-state index contributed by atoms with van der Waals surface area (Å²) in [5.74, 6) is -1.05. The Kier molecular flexibility index (Phi) is 5.54. The van der Waals surface area contributed by atoms with Crippen LogP contribution in [0.4, 0.5) is 10.1 Å². The molecule has 7 heteroatoms. The Balaban J connectivity index is 1.96. The molecule has 3 aromatic carbocycles. The SMILES string of the molecule is CCOC(=O)CC1c2cc(F)ccc2-c2ccccc2N1S(=O)(=O)c1ccc(C)cc1. The second kappa shape index (κ2) is 8.15. The van der Waals surface area contributed by atoms with Gasteiger partial charge < -0.3 is 4.74 Å². The maximum atomic E-state index is 14.2. The van der Waals surface area contributed by atoms with Crippen molar-refractivity contribution in [1.29, 1.82) is 0 Å². The summed E-state index contributed by atoms with van der Waals surface area (Å²) >= 11 is 0. The van der Waals surface area contributed by atoms with Gasteiger partial charge in [-0.1, -0.05) is 42.0 Å². The number of carbonyl (C=O) groups is 1. The normalized spacial score (nSPS) is 15.2. The minimum absolute atomic E-state index is 0.0987. The first kappa shape index (κ1) is 21.1. The molecule has 0 N–H and O–H groups in total. The smallest absolute Gasteiger partial charge is 0.308 e. The lowest BCUT2D eigenvalue weighted by molar-refractivity contribution is -0.143. The van der Waals surface area contributed by atoms with Crippen molar-refractivity contribution in [3.63, 3.8) is 0 Å². The zero-order valence-corrected chi connectivity index (χ0v) is 18.0.